The number of rotatable bonds is 12. The summed E-state index contributed by atoms with van der Waals surface area (Å²) in [7, 11) is 0. The van der Waals surface area contributed by atoms with Gasteiger partial charge in [-0.3, -0.25) is 9.59 Å². The second-order valence-electron chi connectivity index (χ2n) is 8.70. The first kappa shape index (κ1) is 28.0. The van der Waals surface area contributed by atoms with Crippen LogP contribution in [0, 0.1) is 0 Å². The van der Waals surface area contributed by atoms with Crippen LogP contribution >= 0.6 is 34.8 Å². The van der Waals surface area contributed by atoms with E-state index < -0.39 is 6.04 Å². The molecule has 0 bridgehead atoms. The number of hydrogen-bond acceptors (Lipinski definition) is 2. The van der Waals surface area contributed by atoms with Crippen molar-refractivity contribution in [3.8, 4) is 0 Å². The van der Waals surface area contributed by atoms with Gasteiger partial charge in [-0.25, -0.2) is 0 Å². The lowest BCUT2D eigenvalue weighted by Gasteiger charge is -2.32. The number of carbonyl (C=O) groups is 2. The van der Waals surface area contributed by atoms with Gasteiger partial charge in [-0.2, -0.15) is 0 Å². The Morgan fingerprint density at radius 3 is 2.31 bits per heavy atom. The quantitative estimate of drug-likeness (QED) is 0.246. The van der Waals surface area contributed by atoms with Crippen molar-refractivity contribution in [2.75, 3.05) is 6.54 Å². The predicted octanol–water partition coefficient (Wildman–Crippen LogP) is 7.14. The highest BCUT2D eigenvalue weighted by atomic mass is 35.5. The number of unbranched alkanes of at least 4 members (excludes halogenated alkanes) is 1. The Morgan fingerprint density at radius 2 is 1.61 bits per heavy atom. The summed E-state index contributed by atoms with van der Waals surface area (Å²) in [5.74, 6) is -0.323. The standard InChI is InChI=1S/C29H31Cl3N2O2/c1-2-3-17-33-29(36)27(18-21-9-5-4-6-10-21)34(20-23-13-15-24(30)19-26(23)32)28(35)16-14-22-11-7-8-12-25(22)31/h4-13,15,19,27H,2-3,14,16-18,20H2,1H3,(H,33,36)/t27-/m1/s1. The fourth-order valence-electron chi connectivity index (χ4n) is 3.98. The molecule has 0 unspecified atom stereocenters. The van der Waals surface area contributed by atoms with Gasteiger partial charge in [0.15, 0.2) is 0 Å². The van der Waals surface area contributed by atoms with E-state index >= 15 is 0 Å². The number of nitrogens with one attached hydrogen (secondary N) is 1. The van der Waals surface area contributed by atoms with Gasteiger partial charge in [-0.1, -0.05) is 103 Å². The van der Waals surface area contributed by atoms with E-state index in [-0.39, 0.29) is 24.8 Å². The molecule has 0 spiro atoms. The van der Waals surface area contributed by atoms with E-state index in [0.29, 0.717) is 34.5 Å². The molecule has 190 valence electrons. The van der Waals surface area contributed by atoms with Gasteiger partial charge in [0.2, 0.25) is 11.8 Å². The van der Waals surface area contributed by atoms with Gasteiger partial charge in [0.1, 0.15) is 6.04 Å². The predicted molar refractivity (Wildman–Crippen MR) is 149 cm³/mol. The third-order valence-corrected chi connectivity index (χ3v) is 6.98. The van der Waals surface area contributed by atoms with E-state index in [1.54, 1.807) is 23.1 Å². The molecule has 0 heterocycles. The summed E-state index contributed by atoms with van der Waals surface area (Å²) in [4.78, 5) is 28.8. The zero-order valence-electron chi connectivity index (χ0n) is 20.4. The Morgan fingerprint density at radius 1 is 0.889 bits per heavy atom. The highest BCUT2D eigenvalue weighted by molar-refractivity contribution is 6.35. The van der Waals surface area contributed by atoms with Crippen molar-refractivity contribution in [1.82, 2.24) is 10.2 Å². The average Bonchev–Trinajstić information content (AvgIpc) is 2.87. The maximum absolute atomic E-state index is 13.7. The molecule has 0 radical (unpaired) electrons. The second kappa shape index (κ2) is 14.3. The highest BCUT2D eigenvalue weighted by Crippen LogP contribution is 2.25. The number of amides is 2. The zero-order chi connectivity index (χ0) is 25.9. The van der Waals surface area contributed by atoms with Crippen LogP contribution in [0.3, 0.4) is 0 Å². The molecule has 0 aliphatic rings. The summed E-state index contributed by atoms with van der Waals surface area (Å²) in [6.07, 6.45) is 2.90. The first-order valence-corrected chi connectivity index (χ1v) is 13.3. The Labute approximate surface area is 228 Å². The van der Waals surface area contributed by atoms with Gasteiger partial charge in [-0.05, 0) is 47.7 Å². The summed E-state index contributed by atoms with van der Waals surface area (Å²) in [5.41, 5.74) is 2.59. The Kier molecular flexibility index (Phi) is 11.1. The van der Waals surface area contributed by atoms with Crippen molar-refractivity contribution in [2.24, 2.45) is 0 Å². The van der Waals surface area contributed by atoms with E-state index in [1.807, 2.05) is 54.6 Å². The minimum absolute atomic E-state index is 0.146. The fourth-order valence-corrected chi connectivity index (χ4v) is 4.68. The third-order valence-electron chi connectivity index (χ3n) is 6.02. The molecule has 36 heavy (non-hydrogen) atoms. The van der Waals surface area contributed by atoms with E-state index in [0.717, 1.165) is 29.5 Å². The van der Waals surface area contributed by atoms with E-state index in [2.05, 4.69) is 12.2 Å². The van der Waals surface area contributed by atoms with Gasteiger partial charge >= 0.3 is 0 Å². The van der Waals surface area contributed by atoms with Crippen LogP contribution in [0.25, 0.3) is 0 Å². The van der Waals surface area contributed by atoms with Crippen molar-refractivity contribution in [1.29, 1.82) is 0 Å². The Balaban J connectivity index is 1.92. The molecular weight excluding hydrogens is 515 g/mol. The normalized spacial score (nSPS) is 11.7. The van der Waals surface area contributed by atoms with Crippen LogP contribution in [0.4, 0.5) is 0 Å². The molecule has 3 aromatic rings. The second-order valence-corrected chi connectivity index (χ2v) is 9.95. The lowest BCUT2D eigenvalue weighted by molar-refractivity contribution is -0.141. The summed E-state index contributed by atoms with van der Waals surface area (Å²) < 4.78 is 0. The number of halogens is 3. The van der Waals surface area contributed by atoms with Crippen LogP contribution in [0.15, 0.2) is 72.8 Å². The molecule has 7 heteroatoms. The third kappa shape index (κ3) is 8.26. The van der Waals surface area contributed by atoms with Gasteiger partial charge in [0, 0.05) is 41.0 Å². The average molecular weight is 546 g/mol. The van der Waals surface area contributed by atoms with Crippen LogP contribution in [-0.4, -0.2) is 29.3 Å². The molecule has 0 fully saturated rings. The summed E-state index contributed by atoms with van der Waals surface area (Å²) >= 11 is 18.9. The molecule has 3 aromatic carbocycles. The molecule has 4 nitrogen and oxygen atoms in total. The first-order chi connectivity index (χ1) is 17.4. The number of aryl methyl sites for hydroxylation is 1. The van der Waals surface area contributed by atoms with E-state index in [9.17, 15) is 9.59 Å². The van der Waals surface area contributed by atoms with Crippen LogP contribution in [-0.2, 0) is 29.0 Å². The van der Waals surface area contributed by atoms with Gasteiger partial charge in [0.05, 0.1) is 0 Å². The summed E-state index contributed by atoms with van der Waals surface area (Å²) in [6, 6.07) is 21.7. The first-order valence-electron chi connectivity index (χ1n) is 12.2. The molecule has 0 saturated carbocycles. The minimum Gasteiger partial charge on any atom is -0.354 e. The van der Waals surface area contributed by atoms with E-state index in [4.69, 9.17) is 34.8 Å². The monoisotopic (exact) mass is 544 g/mol. The molecule has 0 aliphatic heterocycles. The van der Waals surface area contributed by atoms with E-state index in [1.165, 1.54) is 0 Å². The molecule has 0 aromatic heterocycles. The van der Waals surface area contributed by atoms with Gasteiger partial charge in [-0.15, -0.1) is 0 Å². The number of hydrogen-bond donors (Lipinski definition) is 1. The molecule has 1 atom stereocenters. The molecule has 2 amide bonds. The van der Waals surface area contributed by atoms with Crippen molar-refractivity contribution >= 4 is 46.6 Å². The fraction of sp³-hybridized carbons (Fsp3) is 0.310. The smallest absolute Gasteiger partial charge is 0.243 e. The Bertz CT molecular complexity index is 1150. The maximum Gasteiger partial charge on any atom is 0.243 e. The van der Waals surface area contributed by atoms with Gasteiger partial charge in [0.25, 0.3) is 0 Å². The van der Waals surface area contributed by atoms with Crippen molar-refractivity contribution in [3.05, 3.63) is 105 Å². The minimum atomic E-state index is -0.699. The molecular formula is C29H31Cl3N2O2. The highest BCUT2D eigenvalue weighted by Gasteiger charge is 2.30. The number of benzene rings is 3. The SMILES string of the molecule is CCCCNC(=O)[C@@H](Cc1ccccc1)N(Cc1ccc(Cl)cc1Cl)C(=O)CCc1ccccc1Cl. The van der Waals surface area contributed by atoms with Crippen LogP contribution < -0.4 is 5.32 Å². The van der Waals surface area contributed by atoms with Crippen molar-refractivity contribution in [2.45, 2.75) is 51.6 Å². The number of carbonyl (C=O) groups excluding carboxylic acids is 2. The lowest BCUT2D eigenvalue weighted by Crippen LogP contribution is -2.50. The molecule has 0 aliphatic carbocycles. The summed E-state index contributed by atoms with van der Waals surface area (Å²) in [6.45, 7) is 2.82. The van der Waals surface area contributed by atoms with Crippen LogP contribution in [0.2, 0.25) is 15.1 Å². The topological polar surface area (TPSA) is 49.4 Å². The van der Waals surface area contributed by atoms with Crippen molar-refractivity contribution in [3.63, 3.8) is 0 Å². The van der Waals surface area contributed by atoms with Crippen LogP contribution in [0.5, 0.6) is 0 Å². The summed E-state index contributed by atoms with van der Waals surface area (Å²) in [5, 5.41) is 4.61. The molecule has 1 N–H and O–H groups in total. The van der Waals surface area contributed by atoms with Gasteiger partial charge < -0.3 is 10.2 Å². The number of nitrogens with zero attached hydrogens (tertiary/aromatic N) is 1. The zero-order valence-corrected chi connectivity index (χ0v) is 22.6. The van der Waals surface area contributed by atoms with Crippen molar-refractivity contribution < 1.29 is 9.59 Å². The molecule has 3 rings (SSSR count). The largest absolute Gasteiger partial charge is 0.354 e. The Hall–Kier alpha value is -2.53. The maximum atomic E-state index is 13.7. The lowest BCUT2D eigenvalue weighted by atomic mass is 10.0. The van der Waals surface area contributed by atoms with Crippen LogP contribution in [0.1, 0.15) is 42.9 Å². The molecule has 0 saturated heterocycles.